The fourth-order valence-corrected chi connectivity index (χ4v) is 5.70. The SMILES string of the molecule is CCCCCC1CCC(C2CCC(CCc3c(F)cccc3F)CC2)CC1. The molecule has 3 rings (SSSR count). The highest BCUT2D eigenvalue weighted by atomic mass is 19.1. The minimum atomic E-state index is -0.376. The van der Waals surface area contributed by atoms with E-state index in [4.69, 9.17) is 0 Å². The normalized spacial score (nSPS) is 29.0. The number of hydrogen-bond donors (Lipinski definition) is 0. The summed E-state index contributed by atoms with van der Waals surface area (Å²) < 4.78 is 27.6. The van der Waals surface area contributed by atoms with E-state index in [1.807, 2.05) is 0 Å². The molecule has 0 N–H and O–H groups in total. The van der Waals surface area contributed by atoms with Crippen molar-refractivity contribution in [1.29, 1.82) is 0 Å². The highest BCUT2D eigenvalue weighted by Gasteiger charge is 2.30. The molecular weight excluding hydrogens is 338 g/mol. The van der Waals surface area contributed by atoms with Crippen LogP contribution in [-0.4, -0.2) is 0 Å². The van der Waals surface area contributed by atoms with Gasteiger partial charge in [-0.25, -0.2) is 8.78 Å². The highest BCUT2D eigenvalue weighted by molar-refractivity contribution is 5.19. The van der Waals surface area contributed by atoms with E-state index in [0.717, 1.165) is 24.2 Å². The summed E-state index contributed by atoms with van der Waals surface area (Å²) in [5.41, 5.74) is 0.293. The Balaban J connectivity index is 1.36. The lowest BCUT2D eigenvalue weighted by atomic mass is 9.68. The summed E-state index contributed by atoms with van der Waals surface area (Å²) in [6.45, 7) is 2.29. The molecule has 0 unspecified atom stereocenters. The summed E-state index contributed by atoms with van der Waals surface area (Å²) in [4.78, 5) is 0. The van der Waals surface area contributed by atoms with E-state index in [1.54, 1.807) is 0 Å². The van der Waals surface area contributed by atoms with Crippen LogP contribution in [0.15, 0.2) is 18.2 Å². The topological polar surface area (TPSA) is 0 Å². The lowest BCUT2D eigenvalue weighted by Gasteiger charge is -2.38. The quantitative estimate of drug-likeness (QED) is 0.402. The Morgan fingerprint density at radius 1 is 0.741 bits per heavy atom. The predicted molar refractivity (Wildman–Crippen MR) is 110 cm³/mol. The van der Waals surface area contributed by atoms with Gasteiger partial charge in [-0.3, -0.25) is 0 Å². The van der Waals surface area contributed by atoms with Gasteiger partial charge in [-0.1, -0.05) is 64.4 Å². The summed E-state index contributed by atoms with van der Waals surface area (Å²) in [6.07, 6.45) is 18.1. The minimum Gasteiger partial charge on any atom is -0.207 e. The molecule has 0 aromatic heterocycles. The Bertz CT molecular complexity index is 531. The third-order valence-corrected chi connectivity index (χ3v) is 7.53. The van der Waals surface area contributed by atoms with Crippen molar-refractivity contribution < 1.29 is 8.78 Å². The standard InChI is InChI=1S/C25H38F2/c1-2-3-4-6-19-9-14-21(15-10-19)22-16-11-20(12-17-22)13-18-23-24(26)7-5-8-25(23)27/h5,7-8,19-22H,2-4,6,9-18H2,1H3. The van der Waals surface area contributed by atoms with Crippen LogP contribution < -0.4 is 0 Å². The Morgan fingerprint density at radius 3 is 1.78 bits per heavy atom. The van der Waals surface area contributed by atoms with E-state index < -0.39 is 0 Å². The summed E-state index contributed by atoms with van der Waals surface area (Å²) in [7, 11) is 0. The smallest absolute Gasteiger partial charge is 0.129 e. The maximum absolute atomic E-state index is 13.8. The Kier molecular flexibility index (Phi) is 8.15. The van der Waals surface area contributed by atoms with Gasteiger partial charge in [-0.2, -0.15) is 0 Å². The van der Waals surface area contributed by atoms with E-state index in [9.17, 15) is 8.78 Å². The molecule has 152 valence electrons. The van der Waals surface area contributed by atoms with Crippen LogP contribution in [0, 0.1) is 35.3 Å². The first-order chi connectivity index (χ1) is 13.2. The van der Waals surface area contributed by atoms with Gasteiger partial charge in [-0.15, -0.1) is 0 Å². The molecular formula is C25H38F2. The van der Waals surface area contributed by atoms with Crippen LogP contribution in [0.2, 0.25) is 0 Å². The van der Waals surface area contributed by atoms with E-state index >= 15 is 0 Å². The van der Waals surface area contributed by atoms with Crippen molar-refractivity contribution in [3.63, 3.8) is 0 Å². The van der Waals surface area contributed by atoms with Crippen LogP contribution in [0.5, 0.6) is 0 Å². The molecule has 2 heteroatoms. The van der Waals surface area contributed by atoms with Crippen molar-refractivity contribution in [3.05, 3.63) is 35.4 Å². The van der Waals surface area contributed by atoms with Gasteiger partial charge in [0, 0.05) is 5.56 Å². The average molecular weight is 377 g/mol. The lowest BCUT2D eigenvalue weighted by molar-refractivity contribution is 0.140. The zero-order valence-electron chi connectivity index (χ0n) is 17.2. The molecule has 1 aromatic rings. The summed E-state index contributed by atoms with van der Waals surface area (Å²) in [5, 5.41) is 0. The number of hydrogen-bond acceptors (Lipinski definition) is 0. The molecule has 0 amide bonds. The van der Waals surface area contributed by atoms with E-state index in [2.05, 4.69) is 6.92 Å². The average Bonchev–Trinajstić information content (AvgIpc) is 2.69. The number of unbranched alkanes of at least 4 members (excludes halogenated alkanes) is 2. The van der Waals surface area contributed by atoms with Gasteiger partial charge in [0.2, 0.25) is 0 Å². The van der Waals surface area contributed by atoms with Gasteiger partial charge in [0.1, 0.15) is 11.6 Å². The number of halogens is 2. The Labute approximate surface area is 165 Å². The molecule has 0 aliphatic heterocycles. The van der Waals surface area contributed by atoms with Gasteiger partial charge in [0.15, 0.2) is 0 Å². The van der Waals surface area contributed by atoms with E-state index in [0.29, 0.717) is 17.9 Å². The first kappa shape index (κ1) is 20.8. The van der Waals surface area contributed by atoms with Crippen LogP contribution in [0.3, 0.4) is 0 Å². The molecule has 1 aromatic carbocycles. The van der Waals surface area contributed by atoms with Crippen LogP contribution in [0.1, 0.15) is 96.0 Å². The van der Waals surface area contributed by atoms with Gasteiger partial charge >= 0.3 is 0 Å². The molecule has 2 aliphatic carbocycles. The third kappa shape index (κ3) is 6.03. The Morgan fingerprint density at radius 2 is 1.26 bits per heavy atom. The molecule has 0 bridgehead atoms. The van der Waals surface area contributed by atoms with Crippen LogP contribution in [0.4, 0.5) is 8.78 Å². The molecule has 2 saturated carbocycles. The monoisotopic (exact) mass is 376 g/mol. The van der Waals surface area contributed by atoms with E-state index in [1.165, 1.54) is 95.2 Å². The van der Waals surface area contributed by atoms with Gasteiger partial charge < -0.3 is 0 Å². The first-order valence-corrected chi connectivity index (χ1v) is 11.6. The lowest BCUT2D eigenvalue weighted by Crippen LogP contribution is -2.26. The second-order valence-corrected chi connectivity index (χ2v) is 9.30. The maximum Gasteiger partial charge on any atom is 0.129 e. The number of rotatable bonds is 8. The molecule has 2 aliphatic rings. The first-order valence-electron chi connectivity index (χ1n) is 11.6. The number of benzene rings is 1. The molecule has 27 heavy (non-hydrogen) atoms. The zero-order chi connectivity index (χ0) is 19.1. The third-order valence-electron chi connectivity index (χ3n) is 7.53. The summed E-state index contributed by atoms with van der Waals surface area (Å²) in [5.74, 6) is 2.78. The van der Waals surface area contributed by atoms with E-state index in [-0.39, 0.29) is 11.6 Å². The fraction of sp³-hybridized carbons (Fsp3) is 0.760. The van der Waals surface area contributed by atoms with Crippen molar-refractivity contribution in [1.82, 2.24) is 0 Å². The summed E-state index contributed by atoms with van der Waals surface area (Å²) in [6, 6.07) is 4.22. The van der Waals surface area contributed by atoms with Crippen molar-refractivity contribution in [2.45, 2.75) is 96.8 Å². The fourth-order valence-electron chi connectivity index (χ4n) is 5.70. The van der Waals surface area contributed by atoms with Crippen molar-refractivity contribution in [2.24, 2.45) is 23.7 Å². The van der Waals surface area contributed by atoms with Crippen molar-refractivity contribution >= 4 is 0 Å². The van der Waals surface area contributed by atoms with Gasteiger partial charge in [-0.05, 0) is 74.3 Å². The second-order valence-electron chi connectivity index (χ2n) is 9.30. The second kappa shape index (κ2) is 10.6. The molecule has 0 saturated heterocycles. The molecule has 0 atom stereocenters. The maximum atomic E-state index is 13.8. The van der Waals surface area contributed by atoms with Gasteiger partial charge in [0.05, 0.1) is 0 Å². The molecule has 2 fully saturated rings. The largest absolute Gasteiger partial charge is 0.207 e. The van der Waals surface area contributed by atoms with Crippen LogP contribution in [-0.2, 0) is 6.42 Å². The molecule has 0 spiro atoms. The predicted octanol–water partition coefficient (Wildman–Crippen LogP) is 8.09. The van der Waals surface area contributed by atoms with Crippen molar-refractivity contribution in [3.8, 4) is 0 Å². The molecule has 0 radical (unpaired) electrons. The summed E-state index contributed by atoms with van der Waals surface area (Å²) >= 11 is 0. The van der Waals surface area contributed by atoms with Crippen LogP contribution in [0.25, 0.3) is 0 Å². The molecule has 0 nitrogen and oxygen atoms in total. The zero-order valence-corrected chi connectivity index (χ0v) is 17.2. The Hall–Kier alpha value is -0.920. The van der Waals surface area contributed by atoms with Gasteiger partial charge in [0.25, 0.3) is 0 Å². The van der Waals surface area contributed by atoms with Crippen molar-refractivity contribution in [2.75, 3.05) is 0 Å². The van der Waals surface area contributed by atoms with Crippen LogP contribution >= 0.6 is 0 Å². The minimum absolute atomic E-state index is 0.293. The highest BCUT2D eigenvalue weighted by Crippen LogP contribution is 2.43. The molecule has 0 heterocycles.